The Hall–Kier alpha value is -0.380. The van der Waals surface area contributed by atoms with Crippen molar-refractivity contribution in [3.63, 3.8) is 0 Å². The summed E-state index contributed by atoms with van der Waals surface area (Å²) in [5.41, 5.74) is 1.73. The van der Waals surface area contributed by atoms with Crippen molar-refractivity contribution >= 4 is 15.9 Å². The molecule has 100 valence electrons. The van der Waals surface area contributed by atoms with Crippen LogP contribution in [0.4, 0.5) is 0 Å². The van der Waals surface area contributed by atoms with Crippen LogP contribution in [0.2, 0.25) is 0 Å². The summed E-state index contributed by atoms with van der Waals surface area (Å²) in [7, 11) is 0. The second-order valence-electron chi connectivity index (χ2n) is 5.58. The zero-order valence-corrected chi connectivity index (χ0v) is 12.8. The van der Waals surface area contributed by atoms with Gasteiger partial charge in [-0.15, -0.1) is 0 Å². The van der Waals surface area contributed by atoms with Gasteiger partial charge in [-0.3, -0.25) is 0 Å². The molecule has 2 rings (SSSR count). The van der Waals surface area contributed by atoms with E-state index in [1.54, 1.807) is 0 Å². The molecule has 1 aliphatic heterocycles. The molecular formula is C15H22BrNO. The molecule has 0 amide bonds. The smallest absolute Gasteiger partial charge is 0.0471 e. The first kappa shape index (κ1) is 14.0. The van der Waals surface area contributed by atoms with E-state index in [1.165, 1.54) is 5.56 Å². The Balaban J connectivity index is 1.87. The molecule has 0 aliphatic carbocycles. The minimum Gasteiger partial charge on any atom is -0.381 e. The highest BCUT2D eigenvalue weighted by molar-refractivity contribution is 9.10. The Morgan fingerprint density at radius 3 is 2.50 bits per heavy atom. The number of hydrogen-bond donors (Lipinski definition) is 1. The highest BCUT2D eigenvalue weighted by atomic mass is 79.9. The summed E-state index contributed by atoms with van der Waals surface area (Å²) in [4.78, 5) is 0. The van der Waals surface area contributed by atoms with Crippen molar-refractivity contribution in [3.05, 3.63) is 34.3 Å². The SMILES string of the molecule is CC(NCC1(C)CCOCC1)c1ccc(Br)cc1. The second-order valence-corrected chi connectivity index (χ2v) is 6.49. The molecule has 1 unspecified atom stereocenters. The van der Waals surface area contributed by atoms with Gasteiger partial charge in [-0.2, -0.15) is 0 Å². The maximum Gasteiger partial charge on any atom is 0.0471 e. The van der Waals surface area contributed by atoms with Gasteiger partial charge in [0.05, 0.1) is 0 Å². The van der Waals surface area contributed by atoms with E-state index in [4.69, 9.17) is 4.74 Å². The van der Waals surface area contributed by atoms with Crippen LogP contribution in [0.25, 0.3) is 0 Å². The first-order valence-electron chi connectivity index (χ1n) is 6.66. The predicted molar refractivity (Wildman–Crippen MR) is 78.7 cm³/mol. The number of hydrogen-bond acceptors (Lipinski definition) is 2. The fourth-order valence-electron chi connectivity index (χ4n) is 2.31. The van der Waals surface area contributed by atoms with Gasteiger partial charge < -0.3 is 10.1 Å². The van der Waals surface area contributed by atoms with Crippen molar-refractivity contribution < 1.29 is 4.74 Å². The summed E-state index contributed by atoms with van der Waals surface area (Å²) < 4.78 is 6.57. The molecule has 0 saturated carbocycles. The molecule has 0 aromatic heterocycles. The summed E-state index contributed by atoms with van der Waals surface area (Å²) in [5, 5.41) is 3.66. The molecule has 3 heteroatoms. The standard InChI is InChI=1S/C15H22BrNO/c1-12(13-3-5-14(16)6-4-13)17-11-15(2)7-9-18-10-8-15/h3-6,12,17H,7-11H2,1-2H3. The zero-order chi connectivity index (χ0) is 13.0. The number of halogens is 1. The third-order valence-corrected chi connectivity index (χ3v) is 4.43. The summed E-state index contributed by atoms with van der Waals surface area (Å²) in [6.07, 6.45) is 2.32. The van der Waals surface area contributed by atoms with Gasteiger partial charge in [0, 0.05) is 30.3 Å². The zero-order valence-electron chi connectivity index (χ0n) is 11.2. The van der Waals surface area contributed by atoms with Crippen LogP contribution in [-0.2, 0) is 4.74 Å². The fourth-order valence-corrected chi connectivity index (χ4v) is 2.57. The largest absolute Gasteiger partial charge is 0.381 e. The van der Waals surface area contributed by atoms with Crippen molar-refractivity contribution in [2.45, 2.75) is 32.7 Å². The molecule has 1 aromatic rings. The first-order chi connectivity index (χ1) is 8.59. The number of rotatable bonds is 4. The van der Waals surface area contributed by atoms with Crippen LogP contribution in [0.5, 0.6) is 0 Å². The van der Waals surface area contributed by atoms with Crippen molar-refractivity contribution in [1.82, 2.24) is 5.32 Å². The predicted octanol–water partition coefficient (Wildman–Crippen LogP) is 3.92. The van der Waals surface area contributed by atoms with E-state index in [1.807, 2.05) is 0 Å². The van der Waals surface area contributed by atoms with Crippen molar-refractivity contribution in [2.75, 3.05) is 19.8 Å². The minimum absolute atomic E-state index is 0.391. The molecule has 1 aromatic carbocycles. The molecule has 2 nitrogen and oxygen atoms in total. The van der Waals surface area contributed by atoms with E-state index < -0.39 is 0 Å². The van der Waals surface area contributed by atoms with Crippen molar-refractivity contribution in [1.29, 1.82) is 0 Å². The topological polar surface area (TPSA) is 21.3 Å². The molecule has 1 saturated heterocycles. The maximum atomic E-state index is 5.44. The molecule has 18 heavy (non-hydrogen) atoms. The third kappa shape index (κ3) is 3.81. The molecule has 0 spiro atoms. The summed E-state index contributed by atoms with van der Waals surface area (Å²) >= 11 is 3.47. The molecule has 0 bridgehead atoms. The van der Waals surface area contributed by atoms with E-state index in [0.29, 0.717) is 11.5 Å². The lowest BCUT2D eigenvalue weighted by Crippen LogP contribution is -2.37. The lowest BCUT2D eigenvalue weighted by atomic mass is 9.82. The average molecular weight is 312 g/mol. The van der Waals surface area contributed by atoms with Crippen LogP contribution in [0.15, 0.2) is 28.7 Å². The lowest BCUT2D eigenvalue weighted by molar-refractivity contribution is 0.0231. The van der Waals surface area contributed by atoms with E-state index in [2.05, 4.69) is 59.4 Å². The van der Waals surface area contributed by atoms with Gasteiger partial charge in [-0.05, 0) is 42.9 Å². The van der Waals surface area contributed by atoms with Gasteiger partial charge >= 0.3 is 0 Å². The van der Waals surface area contributed by atoms with Gasteiger partial charge in [0.1, 0.15) is 0 Å². The average Bonchev–Trinajstić information content (AvgIpc) is 2.38. The van der Waals surface area contributed by atoms with Gasteiger partial charge in [0.25, 0.3) is 0 Å². The highest BCUT2D eigenvalue weighted by Crippen LogP contribution is 2.29. The number of ether oxygens (including phenoxy) is 1. The number of benzene rings is 1. The van der Waals surface area contributed by atoms with E-state index in [0.717, 1.165) is 37.1 Å². The first-order valence-corrected chi connectivity index (χ1v) is 7.45. The molecular weight excluding hydrogens is 290 g/mol. The minimum atomic E-state index is 0.391. The molecule has 0 radical (unpaired) electrons. The van der Waals surface area contributed by atoms with Gasteiger partial charge in [0.2, 0.25) is 0 Å². The van der Waals surface area contributed by atoms with Crippen molar-refractivity contribution in [2.24, 2.45) is 5.41 Å². The summed E-state index contributed by atoms with van der Waals surface area (Å²) in [6, 6.07) is 8.95. The van der Waals surface area contributed by atoms with Gasteiger partial charge in [-0.25, -0.2) is 0 Å². The van der Waals surface area contributed by atoms with E-state index >= 15 is 0 Å². The molecule has 1 heterocycles. The highest BCUT2D eigenvalue weighted by Gasteiger charge is 2.27. The summed E-state index contributed by atoms with van der Waals surface area (Å²) in [5.74, 6) is 0. The van der Waals surface area contributed by atoms with E-state index in [-0.39, 0.29) is 0 Å². The molecule has 1 N–H and O–H groups in total. The Morgan fingerprint density at radius 2 is 1.89 bits per heavy atom. The van der Waals surface area contributed by atoms with Crippen LogP contribution in [0.3, 0.4) is 0 Å². The Morgan fingerprint density at radius 1 is 1.28 bits per heavy atom. The van der Waals surface area contributed by atoms with E-state index in [9.17, 15) is 0 Å². The van der Waals surface area contributed by atoms with Crippen molar-refractivity contribution in [3.8, 4) is 0 Å². The summed E-state index contributed by atoms with van der Waals surface area (Å²) in [6.45, 7) is 7.46. The molecule has 1 aliphatic rings. The fraction of sp³-hybridized carbons (Fsp3) is 0.600. The lowest BCUT2D eigenvalue weighted by Gasteiger charge is -2.34. The van der Waals surface area contributed by atoms with Gasteiger partial charge in [-0.1, -0.05) is 35.0 Å². The Bertz CT molecular complexity index is 371. The van der Waals surface area contributed by atoms with Crippen LogP contribution >= 0.6 is 15.9 Å². The Kier molecular flexibility index (Phi) is 4.82. The van der Waals surface area contributed by atoms with Crippen LogP contribution in [-0.4, -0.2) is 19.8 Å². The van der Waals surface area contributed by atoms with Gasteiger partial charge in [0.15, 0.2) is 0 Å². The van der Waals surface area contributed by atoms with Crippen LogP contribution in [0, 0.1) is 5.41 Å². The second kappa shape index (κ2) is 6.18. The monoisotopic (exact) mass is 311 g/mol. The normalized spacial score (nSPS) is 20.6. The third-order valence-electron chi connectivity index (χ3n) is 3.90. The van der Waals surface area contributed by atoms with Crippen LogP contribution < -0.4 is 5.32 Å². The Labute approximate surface area is 118 Å². The maximum absolute atomic E-state index is 5.44. The number of nitrogens with one attached hydrogen (secondary N) is 1. The quantitative estimate of drug-likeness (QED) is 0.910. The molecule has 1 fully saturated rings. The van der Waals surface area contributed by atoms with Crippen LogP contribution in [0.1, 0.15) is 38.3 Å². The molecule has 1 atom stereocenters.